The molecular weight excluding hydrogens is 338 g/mol. The van der Waals surface area contributed by atoms with Gasteiger partial charge in [-0.15, -0.1) is 0 Å². The molecule has 0 amide bonds. The van der Waals surface area contributed by atoms with Crippen LogP contribution in [-0.2, 0) is 9.47 Å². The Kier molecular flexibility index (Phi) is 5.70. The molecule has 7 nitrogen and oxygen atoms in total. The Labute approximate surface area is 150 Å². The number of ether oxygens (including phenoxy) is 2. The van der Waals surface area contributed by atoms with Crippen LogP contribution in [0, 0.1) is 0 Å². The summed E-state index contributed by atoms with van der Waals surface area (Å²) < 4.78 is 16.1. The number of carbonyl (C=O) groups is 1. The number of rotatable bonds is 7. The first kappa shape index (κ1) is 18.2. The minimum Gasteiger partial charge on any atom is -0.477 e. The van der Waals surface area contributed by atoms with Gasteiger partial charge in [-0.05, 0) is 30.7 Å². The Morgan fingerprint density at radius 2 is 2.08 bits per heavy atom. The number of anilines is 1. The molecule has 0 bridgehead atoms. The summed E-state index contributed by atoms with van der Waals surface area (Å²) in [6.07, 6.45) is 2.15. The smallest absolute Gasteiger partial charge is 0.342 e. The SMILES string of the molecule is COCCO[C@H]1CCN(c2ccc(-c3cc(=O)c(C(=O)O)co3)cc2)C1. The van der Waals surface area contributed by atoms with E-state index in [1.165, 1.54) is 6.07 Å². The van der Waals surface area contributed by atoms with Crippen LogP contribution >= 0.6 is 0 Å². The second-order valence-corrected chi connectivity index (χ2v) is 6.09. The van der Waals surface area contributed by atoms with Gasteiger partial charge in [-0.1, -0.05) is 0 Å². The monoisotopic (exact) mass is 359 g/mol. The van der Waals surface area contributed by atoms with Crippen LogP contribution in [-0.4, -0.2) is 50.6 Å². The van der Waals surface area contributed by atoms with Crippen molar-refractivity contribution in [2.45, 2.75) is 12.5 Å². The van der Waals surface area contributed by atoms with Gasteiger partial charge >= 0.3 is 5.97 Å². The number of nitrogens with zero attached hydrogens (tertiary/aromatic N) is 1. The topological polar surface area (TPSA) is 89.2 Å². The first-order valence-electron chi connectivity index (χ1n) is 8.40. The van der Waals surface area contributed by atoms with E-state index in [-0.39, 0.29) is 11.7 Å². The molecule has 1 aromatic heterocycles. The van der Waals surface area contributed by atoms with E-state index < -0.39 is 11.4 Å². The van der Waals surface area contributed by atoms with Gasteiger partial charge in [0.05, 0.1) is 19.3 Å². The van der Waals surface area contributed by atoms with E-state index in [2.05, 4.69) is 4.90 Å². The lowest BCUT2D eigenvalue weighted by molar-refractivity contribution is 0.0280. The lowest BCUT2D eigenvalue weighted by Gasteiger charge is -2.19. The van der Waals surface area contributed by atoms with Crippen LogP contribution in [0.3, 0.4) is 0 Å². The normalized spacial score (nSPS) is 16.8. The van der Waals surface area contributed by atoms with Gasteiger partial charge in [-0.2, -0.15) is 0 Å². The van der Waals surface area contributed by atoms with Crippen LogP contribution in [0.15, 0.2) is 45.8 Å². The molecule has 1 fully saturated rings. The van der Waals surface area contributed by atoms with Gasteiger partial charge in [0.1, 0.15) is 17.6 Å². The molecule has 1 saturated heterocycles. The summed E-state index contributed by atoms with van der Waals surface area (Å²) in [7, 11) is 1.66. The molecule has 3 rings (SSSR count). The van der Waals surface area contributed by atoms with Crippen LogP contribution in [0.1, 0.15) is 16.8 Å². The molecule has 1 atom stereocenters. The third-order valence-corrected chi connectivity index (χ3v) is 4.36. The van der Waals surface area contributed by atoms with Gasteiger partial charge in [-0.3, -0.25) is 4.79 Å². The molecular formula is C19H21NO6. The molecule has 0 radical (unpaired) electrons. The van der Waals surface area contributed by atoms with Gasteiger partial charge in [-0.25, -0.2) is 4.79 Å². The zero-order chi connectivity index (χ0) is 18.5. The molecule has 2 heterocycles. The maximum Gasteiger partial charge on any atom is 0.342 e. The fourth-order valence-corrected chi connectivity index (χ4v) is 2.95. The molecule has 0 saturated carbocycles. The Bertz CT molecular complexity index is 814. The van der Waals surface area contributed by atoms with Crippen molar-refractivity contribution < 1.29 is 23.8 Å². The van der Waals surface area contributed by atoms with Crippen LogP contribution < -0.4 is 10.3 Å². The van der Waals surface area contributed by atoms with Crippen molar-refractivity contribution in [3.05, 3.63) is 52.4 Å². The lowest BCUT2D eigenvalue weighted by Crippen LogP contribution is -2.23. The number of carboxylic acid groups (broad SMARTS) is 1. The average molecular weight is 359 g/mol. The highest BCUT2D eigenvalue weighted by atomic mass is 16.5. The molecule has 1 aromatic carbocycles. The predicted octanol–water partition coefficient (Wildman–Crippen LogP) is 2.25. The zero-order valence-corrected chi connectivity index (χ0v) is 14.5. The minimum atomic E-state index is -1.29. The second-order valence-electron chi connectivity index (χ2n) is 6.09. The number of aromatic carboxylic acids is 1. The van der Waals surface area contributed by atoms with E-state index in [0.29, 0.717) is 19.0 Å². The standard InChI is InChI=1S/C19H21NO6/c1-24-8-9-25-15-6-7-20(11-15)14-4-2-13(3-5-14)18-10-17(21)16(12-26-18)19(22)23/h2-5,10,12,15H,6-9,11H2,1H3,(H,22,23)/t15-/m0/s1. The highest BCUT2D eigenvalue weighted by Gasteiger charge is 2.23. The number of benzene rings is 1. The highest BCUT2D eigenvalue weighted by molar-refractivity contribution is 5.87. The summed E-state index contributed by atoms with van der Waals surface area (Å²) in [5.74, 6) is -0.953. The number of carboxylic acids is 1. The van der Waals surface area contributed by atoms with Gasteiger partial charge in [0, 0.05) is 37.5 Å². The Hall–Kier alpha value is -2.64. The van der Waals surface area contributed by atoms with Crippen LogP contribution in [0.25, 0.3) is 11.3 Å². The molecule has 1 aliphatic rings. The van der Waals surface area contributed by atoms with Gasteiger partial charge < -0.3 is 23.9 Å². The third-order valence-electron chi connectivity index (χ3n) is 4.36. The quantitative estimate of drug-likeness (QED) is 0.758. The largest absolute Gasteiger partial charge is 0.477 e. The maximum atomic E-state index is 11.8. The third kappa shape index (κ3) is 4.12. The van der Waals surface area contributed by atoms with E-state index in [9.17, 15) is 9.59 Å². The van der Waals surface area contributed by atoms with Crippen molar-refractivity contribution in [1.82, 2.24) is 0 Å². The summed E-state index contributed by atoms with van der Waals surface area (Å²) in [4.78, 5) is 24.9. The molecule has 1 aliphatic heterocycles. The van der Waals surface area contributed by atoms with Crippen LogP contribution in [0.5, 0.6) is 0 Å². The summed E-state index contributed by atoms with van der Waals surface area (Å²) in [6, 6.07) is 8.82. The summed E-state index contributed by atoms with van der Waals surface area (Å²) in [6.45, 7) is 2.93. The van der Waals surface area contributed by atoms with Crippen molar-refractivity contribution in [3.63, 3.8) is 0 Å². The summed E-state index contributed by atoms with van der Waals surface area (Å²) >= 11 is 0. The second kappa shape index (κ2) is 8.16. The zero-order valence-electron chi connectivity index (χ0n) is 14.5. The van der Waals surface area contributed by atoms with Crippen LogP contribution in [0.4, 0.5) is 5.69 Å². The average Bonchev–Trinajstić information content (AvgIpc) is 3.10. The van der Waals surface area contributed by atoms with Crippen molar-refractivity contribution in [2.24, 2.45) is 0 Å². The molecule has 7 heteroatoms. The highest BCUT2D eigenvalue weighted by Crippen LogP contribution is 2.26. The van der Waals surface area contributed by atoms with E-state index >= 15 is 0 Å². The van der Waals surface area contributed by atoms with Crippen molar-refractivity contribution in [3.8, 4) is 11.3 Å². The molecule has 0 spiro atoms. The van der Waals surface area contributed by atoms with Gasteiger partial charge in [0.25, 0.3) is 0 Å². The number of hydrogen-bond acceptors (Lipinski definition) is 6. The van der Waals surface area contributed by atoms with Crippen molar-refractivity contribution in [2.75, 3.05) is 38.3 Å². The van der Waals surface area contributed by atoms with E-state index in [4.69, 9.17) is 19.0 Å². The minimum absolute atomic E-state index is 0.200. The molecule has 26 heavy (non-hydrogen) atoms. The molecule has 1 N–H and O–H groups in total. The molecule has 2 aromatic rings. The van der Waals surface area contributed by atoms with Crippen LogP contribution in [0.2, 0.25) is 0 Å². The van der Waals surface area contributed by atoms with Gasteiger partial charge in [0.15, 0.2) is 5.43 Å². The van der Waals surface area contributed by atoms with E-state index in [1.54, 1.807) is 7.11 Å². The fourth-order valence-electron chi connectivity index (χ4n) is 2.95. The first-order chi connectivity index (χ1) is 12.6. The Morgan fingerprint density at radius 1 is 1.31 bits per heavy atom. The fraction of sp³-hybridized carbons (Fsp3) is 0.368. The van der Waals surface area contributed by atoms with Gasteiger partial charge in [0.2, 0.25) is 0 Å². The van der Waals surface area contributed by atoms with E-state index in [0.717, 1.165) is 37.0 Å². The van der Waals surface area contributed by atoms with E-state index in [1.807, 2.05) is 24.3 Å². The first-order valence-corrected chi connectivity index (χ1v) is 8.40. The maximum absolute atomic E-state index is 11.8. The summed E-state index contributed by atoms with van der Waals surface area (Å²) in [5.41, 5.74) is 0.839. The van der Waals surface area contributed by atoms with Crippen molar-refractivity contribution in [1.29, 1.82) is 0 Å². The molecule has 0 unspecified atom stereocenters. The number of hydrogen-bond donors (Lipinski definition) is 1. The number of methoxy groups -OCH3 is 1. The molecule has 0 aliphatic carbocycles. The predicted molar refractivity (Wildman–Crippen MR) is 95.8 cm³/mol. The summed E-state index contributed by atoms with van der Waals surface area (Å²) in [5, 5.41) is 8.89. The van der Waals surface area contributed by atoms with Crippen molar-refractivity contribution >= 4 is 11.7 Å². The Balaban J connectivity index is 1.67. The molecule has 138 valence electrons. The Morgan fingerprint density at radius 3 is 2.73 bits per heavy atom. The lowest BCUT2D eigenvalue weighted by atomic mass is 10.1.